The number of ether oxygens (including phenoxy) is 2. The van der Waals surface area contributed by atoms with Gasteiger partial charge in [-0.2, -0.15) is 4.31 Å². The molecule has 11 heteroatoms. The first-order valence-electron chi connectivity index (χ1n) is 8.72. The van der Waals surface area contributed by atoms with Gasteiger partial charge in [-0.3, -0.25) is 5.73 Å². The number of sulfonamides is 1. The number of aliphatic imine (C=N–C) groups is 1. The summed E-state index contributed by atoms with van der Waals surface area (Å²) in [6.45, 7) is 1.37. The maximum Gasteiger partial charge on any atom is 0.243 e. The second-order valence-electron chi connectivity index (χ2n) is 6.53. The third-order valence-corrected chi connectivity index (χ3v) is 6.72. The molecule has 0 radical (unpaired) electrons. The van der Waals surface area contributed by atoms with Crippen LogP contribution in [0.2, 0.25) is 0 Å². The van der Waals surface area contributed by atoms with Gasteiger partial charge in [-0.15, -0.1) is 0 Å². The Hall–Kier alpha value is -2.60. The SMILES string of the molecule is COc1cc(S(=O)(=O)N2CCOCC2)ccc1C1(N)N=C(N)c2cc[nH]c2N1. The van der Waals surface area contributed by atoms with Gasteiger partial charge in [0, 0.05) is 25.4 Å². The average Bonchev–Trinajstić information content (AvgIpc) is 3.16. The zero-order chi connectivity index (χ0) is 19.9. The lowest BCUT2D eigenvalue weighted by molar-refractivity contribution is 0.0730. The van der Waals surface area contributed by atoms with E-state index < -0.39 is 15.8 Å². The topological polar surface area (TPSA) is 148 Å². The number of nitrogens with two attached hydrogens (primary N) is 2. The van der Waals surface area contributed by atoms with Crippen LogP contribution in [-0.4, -0.2) is 57.0 Å². The molecule has 1 atom stereocenters. The standard InChI is InChI=1S/C17H22N6O4S/c1-26-14-10-11(28(24,25)23-6-8-27-9-7-23)2-3-13(14)17(19)21-15(18)12-4-5-20-16(12)22-17/h2-5,10,20,22H,6-9,19H2,1H3,(H2,18,21). The van der Waals surface area contributed by atoms with E-state index in [0.29, 0.717) is 43.2 Å². The highest BCUT2D eigenvalue weighted by atomic mass is 32.2. The third kappa shape index (κ3) is 3.02. The van der Waals surface area contributed by atoms with Crippen molar-refractivity contribution in [2.45, 2.75) is 10.7 Å². The number of nitrogens with zero attached hydrogens (tertiary/aromatic N) is 2. The number of nitrogens with one attached hydrogen (secondary N) is 2. The van der Waals surface area contributed by atoms with Crippen molar-refractivity contribution in [3.8, 4) is 5.75 Å². The zero-order valence-electron chi connectivity index (χ0n) is 15.3. The van der Waals surface area contributed by atoms with Crippen molar-refractivity contribution in [3.05, 3.63) is 41.6 Å². The zero-order valence-corrected chi connectivity index (χ0v) is 16.1. The summed E-state index contributed by atoms with van der Waals surface area (Å²) in [7, 11) is -2.22. The van der Waals surface area contributed by atoms with Gasteiger partial charge in [-0.1, -0.05) is 0 Å². The van der Waals surface area contributed by atoms with Crippen LogP contribution in [0.4, 0.5) is 5.82 Å². The highest BCUT2D eigenvalue weighted by molar-refractivity contribution is 7.89. The number of benzene rings is 1. The van der Waals surface area contributed by atoms with E-state index in [1.807, 2.05) is 0 Å². The van der Waals surface area contributed by atoms with Gasteiger partial charge in [0.2, 0.25) is 15.8 Å². The molecule has 2 aliphatic heterocycles. The molecule has 1 saturated heterocycles. The first kappa shape index (κ1) is 18.7. The Bertz CT molecular complexity index is 1030. The van der Waals surface area contributed by atoms with Crippen LogP contribution in [0.1, 0.15) is 11.1 Å². The summed E-state index contributed by atoms with van der Waals surface area (Å²) in [6, 6.07) is 6.32. The Balaban J connectivity index is 1.73. The van der Waals surface area contributed by atoms with Crippen LogP contribution in [0, 0.1) is 0 Å². The Kier molecular flexibility index (Phi) is 4.54. The fourth-order valence-corrected chi connectivity index (χ4v) is 4.79. The lowest BCUT2D eigenvalue weighted by Gasteiger charge is -2.33. The first-order valence-corrected chi connectivity index (χ1v) is 10.2. The van der Waals surface area contributed by atoms with Crippen molar-refractivity contribution in [2.75, 3.05) is 38.7 Å². The molecule has 0 saturated carbocycles. The van der Waals surface area contributed by atoms with Gasteiger partial charge in [-0.05, 0) is 18.2 Å². The van der Waals surface area contributed by atoms with Crippen molar-refractivity contribution in [1.82, 2.24) is 9.29 Å². The number of aromatic nitrogens is 1. The number of fused-ring (bicyclic) bond motifs is 1. The number of methoxy groups -OCH3 is 1. The minimum Gasteiger partial charge on any atom is -0.496 e. The monoisotopic (exact) mass is 406 g/mol. The van der Waals surface area contributed by atoms with Crippen molar-refractivity contribution >= 4 is 21.7 Å². The molecule has 2 aliphatic rings. The van der Waals surface area contributed by atoms with Crippen LogP contribution >= 0.6 is 0 Å². The quantitative estimate of drug-likeness (QED) is 0.556. The van der Waals surface area contributed by atoms with Crippen molar-refractivity contribution in [3.63, 3.8) is 0 Å². The van der Waals surface area contributed by atoms with E-state index in [1.54, 1.807) is 18.3 Å². The predicted molar refractivity (Wildman–Crippen MR) is 104 cm³/mol. The molecule has 10 nitrogen and oxygen atoms in total. The van der Waals surface area contributed by atoms with Gasteiger partial charge in [0.25, 0.3) is 0 Å². The molecule has 0 bridgehead atoms. The lowest BCUT2D eigenvalue weighted by atomic mass is 10.0. The molecule has 150 valence electrons. The van der Waals surface area contributed by atoms with E-state index in [9.17, 15) is 8.42 Å². The molecular weight excluding hydrogens is 384 g/mol. The Morgan fingerprint density at radius 2 is 2.04 bits per heavy atom. The highest BCUT2D eigenvalue weighted by Crippen LogP contribution is 2.36. The molecule has 6 N–H and O–H groups in total. The lowest BCUT2D eigenvalue weighted by Crippen LogP contribution is -2.47. The van der Waals surface area contributed by atoms with Gasteiger partial charge >= 0.3 is 0 Å². The van der Waals surface area contributed by atoms with Gasteiger partial charge in [0.1, 0.15) is 17.4 Å². The summed E-state index contributed by atoms with van der Waals surface area (Å²) in [5.41, 5.74) is 13.7. The molecule has 0 spiro atoms. The fraction of sp³-hybridized carbons (Fsp3) is 0.353. The fourth-order valence-electron chi connectivity index (χ4n) is 3.37. The molecule has 0 aliphatic carbocycles. The van der Waals surface area contributed by atoms with Gasteiger partial charge in [0.05, 0.1) is 36.3 Å². The van der Waals surface area contributed by atoms with E-state index in [4.69, 9.17) is 20.9 Å². The predicted octanol–water partition coefficient (Wildman–Crippen LogP) is -0.0558. The van der Waals surface area contributed by atoms with Crippen LogP contribution in [0.15, 0.2) is 40.4 Å². The minimum atomic E-state index is -3.67. The summed E-state index contributed by atoms with van der Waals surface area (Å²) in [5.74, 6) is -0.225. The number of amidine groups is 1. The van der Waals surface area contributed by atoms with Crippen molar-refractivity contribution in [1.29, 1.82) is 0 Å². The summed E-state index contributed by atoms with van der Waals surface area (Å²) >= 11 is 0. The van der Waals surface area contributed by atoms with E-state index in [2.05, 4.69) is 15.3 Å². The highest BCUT2D eigenvalue weighted by Gasteiger charge is 2.36. The number of rotatable bonds is 4. The van der Waals surface area contributed by atoms with Gasteiger partial charge in [0.15, 0.2) is 0 Å². The number of aromatic amines is 1. The molecule has 2 aromatic rings. The largest absolute Gasteiger partial charge is 0.496 e. The Labute approximate surface area is 162 Å². The van der Waals surface area contributed by atoms with Crippen LogP contribution in [0.5, 0.6) is 5.75 Å². The normalized spacial score (nSPS) is 22.9. The molecular formula is C17H22N6O4S. The number of anilines is 1. The van der Waals surface area contributed by atoms with E-state index >= 15 is 0 Å². The van der Waals surface area contributed by atoms with Crippen LogP contribution in [-0.2, 0) is 20.5 Å². The molecule has 28 heavy (non-hydrogen) atoms. The maximum absolute atomic E-state index is 12.9. The summed E-state index contributed by atoms with van der Waals surface area (Å²) in [4.78, 5) is 7.51. The second-order valence-corrected chi connectivity index (χ2v) is 8.47. The Morgan fingerprint density at radius 3 is 2.75 bits per heavy atom. The molecule has 1 aromatic carbocycles. The first-order chi connectivity index (χ1) is 13.3. The van der Waals surface area contributed by atoms with E-state index in [1.165, 1.54) is 23.5 Å². The second kappa shape index (κ2) is 6.78. The molecule has 1 fully saturated rings. The third-order valence-electron chi connectivity index (χ3n) is 4.83. The van der Waals surface area contributed by atoms with Crippen LogP contribution in [0.3, 0.4) is 0 Å². The van der Waals surface area contributed by atoms with Crippen LogP contribution < -0.4 is 21.5 Å². The molecule has 1 aromatic heterocycles. The molecule has 3 heterocycles. The van der Waals surface area contributed by atoms with E-state index in [-0.39, 0.29) is 16.5 Å². The average molecular weight is 406 g/mol. The number of hydrogen-bond donors (Lipinski definition) is 4. The maximum atomic E-state index is 12.9. The Morgan fingerprint density at radius 1 is 1.29 bits per heavy atom. The van der Waals surface area contributed by atoms with Crippen molar-refractivity contribution in [2.24, 2.45) is 16.5 Å². The molecule has 0 amide bonds. The van der Waals surface area contributed by atoms with E-state index in [0.717, 1.165) is 0 Å². The van der Waals surface area contributed by atoms with Gasteiger partial charge in [-0.25, -0.2) is 13.4 Å². The van der Waals surface area contributed by atoms with Crippen molar-refractivity contribution < 1.29 is 17.9 Å². The minimum absolute atomic E-state index is 0.118. The number of hydrogen-bond acceptors (Lipinski definition) is 8. The smallest absolute Gasteiger partial charge is 0.243 e. The molecule has 4 rings (SSSR count). The van der Waals surface area contributed by atoms with Gasteiger partial charge < -0.3 is 25.5 Å². The van der Waals surface area contributed by atoms with Crippen LogP contribution in [0.25, 0.3) is 0 Å². The number of morpholine rings is 1. The summed E-state index contributed by atoms with van der Waals surface area (Å²) in [6.07, 6.45) is 1.72. The molecule has 1 unspecified atom stereocenters. The summed E-state index contributed by atoms with van der Waals surface area (Å²) in [5, 5.41) is 3.09. The summed E-state index contributed by atoms with van der Waals surface area (Å²) < 4.78 is 37.9. The number of H-pyrrole nitrogens is 1.